The van der Waals surface area contributed by atoms with E-state index in [0.717, 1.165) is 12.7 Å². The lowest BCUT2D eigenvalue weighted by atomic mass is 9.96. The summed E-state index contributed by atoms with van der Waals surface area (Å²) in [5.41, 5.74) is -0.575. The van der Waals surface area contributed by atoms with Crippen molar-refractivity contribution in [2.45, 2.75) is 32.8 Å². The number of methoxy groups -OCH3 is 1. The number of aldehydes is 1. The minimum atomic E-state index is -0.575. The number of carbonyl (C=O) groups excluding carboxylic acids is 1. The quantitative estimate of drug-likeness (QED) is 0.561. The molecule has 0 aliphatic carbocycles. The zero-order chi connectivity index (χ0) is 8.20. The third kappa shape index (κ3) is 2.97. The first-order valence-corrected chi connectivity index (χ1v) is 3.55. The van der Waals surface area contributed by atoms with Crippen LogP contribution in [0.2, 0.25) is 0 Å². The van der Waals surface area contributed by atoms with Gasteiger partial charge in [0, 0.05) is 7.11 Å². The van der Waals surface area contributed by atoms with Gasteiger partial charge in [0.15, 0.2) is 6.29 Å². The summed E-state index contributed by atoms with van der Waals surface area (Å²) in [6, 6.07) is 0. The molecule has 0 bridgehead atoms. The van der Waals surface area contributed by atoms with Gasteiger partial charge in [-0.2, -0.15) is 0 Å². The zero-order valence-corrected chi connectivity index (χ0v) is 7.18. The van der Waals surface area contributed by atoms with Crippen molar-refractivity contribution in [1.82, 2.24) is 0 Å². The molecule has 0 radical (unpaired) electrons. The molecule has 1 atom stereocenters. The monoisotopic (exact) mass is 144 g/mol. The molecule has 1 unspecified atom stereocenters. The Labute approximate surface area is 62.6 Å². The van der Waals surface area contributed by atoms with Gasteiger partial charge in [-0.15, -0.1) is 0 Å². The van der Waals surface area contributed by atoms with Crippen LogP contribution in [-0.2, 0) is 9.53 Å². The average Bonchev–Trinajstić information content (AvgIpc) is 1.87. The molecule has 0 aromatic heterocycles. The molecule has 0 aromatic carbocycles. The SMILES string of the molecule is COC(C)(C=O)CC(C)C. The Kier molecular flexibility index (Phi) is 3.58. The maximum Gasteiger partial charge on any atom is 0.151 e. The largest absolute Gasteiger partial charge is 0.371 e. The second-order valence-electron chi connectivity index (χ2n) is 3.23. The van der Waals surface area contributed by atoms with Gasteiger partial charge in [-0.25, -0.2) is 0 Å². The van der Waals surface area contributed by atoms with Crippen LogP contribution >= 0.6 is 0 Å². The molecule has 0 fully saturated rings. The van der Waals surface area contributed by atoms with E-state index in [0.29, 0.717) is 5.92 Å². The molecule has 10 heavy (non-hydrogen) atoms. The first kappa shape index (κ1) is 9.63. The molecule has 2 nitrogen and oxygen atoms in total. The second-order valence-corrected chi connectivity index (χ2v) is 3.23. The Morgan fingerprint density at radius 2 is 2.10 bits per heavy atom. The average molecular weight is 144 g/mol. The van der Waals surface area contributed by atoms with Crippen LogP contribution in [-0.4, -0.2) is 19.0 Å². The first-order chi connectivity index (χ1) is 4.54. The molecule has 0 N–H and O–H groups in total. The lowest BCUT2D eigenvalue weighted by molar-refractivity contribution is -0.127. The topological polar surface area (TPSA) is 26.3 Å². The molecule has 0 amide bonds. The number of hydrogen-bond acceptors (Lipinski definition) is 2. The van der Waals surface area contributed by atoms with Crippen LogP contribution in [0.15, 0.2) is 0 Å². The van der Waals surface area contributed by atoms with Crippen LogP contribution in [0.4, 0.5) is 0 Å². The molecule has 0 aliphatic heterocycles. The van der Waals surface area contributed by atoms with Crippen LogP contribution in [0.25, 0.3) is 0 Å². The van der Waals surface area contributed by atoms with Gasteiger partial charge < -0.3 is 9.53 Å². The molecule has 0 aromatic rings. The Hall–Kier alpha value is -0.370. The molecule has 0 spiro atoms. The Morgan fingerprint density at radius 1 is 1.60 bits per heavy atom. The molecular formula is C8H16O2. The fourth-order valence-corrected chi connectivity index (χ4v) is 0.990. The standard InChI is InChI=1S/C8H16O2/c1-7(2)5-8(3,6-9)10-4/h6-7H,5H2,1-4H3. The van der Waals surface area contributed by atoms with Crippen molar-refractivity contribution >= 4 is 6.29 Å². The van der Waals surface area contributed by atoms with E-state index in [2.05, 4.69) is 13.8 Å². The fraction of sp³-hybridized carbons (Fsp3) is 0.875. The molecular weight excluding hydrogens is 128 g/mol. The maximum absolute atomic E-state index is 10.5. The summed E-state index contributed by atoms with van der Waals surface area (Å²) >= 11 is 0. The summed E-state index contributed by atoms with van der Waals surface area (Å²) in [5.74, 6) is 0.496. The van der Waals surface area contributed by atoms with Crippen LogP contribution in [0.1, 0.15) is 27.2 Å². The van der Waals surface area contributed by atoms with Crippen LogP contribution in [0, 0.1) is 5.92 Å². The molecule has 0 saturated carbocycles. The summed E-state index contributed by atoms with van der Waals surface area (Å²) in [7, 11) is 1.57. The summed E-state index contributed by atoms with van der Waals surface area (Å²) in [6.07, 6.45) is 1.65. The lowest BCUT2D eigenvalue weighted by Crippen LogP contribution is -2.30. The number of carbonyl (C=O) groups is 1. The second kappa shape index (κ2) is 3.71. The molecule has 0 aliphatic rings. The number of hydrogen-bond donors (Lipinski definition) is 0. The summed E-state index contributed by atoms with van der Waals surface area (Å²) < 4.78 is 5.03. The minimum Gasteiger partial charge on any atom is -0.371 e. The summed E-state index contributed by atoms with van der Waals surface area (Å²) in [4.78, 5) is 10.5. The summed E-state index contributed by atoms with van der Waals surface area (Å²) in [6.45, 7) is 5.95. The van der Waals surface area contributed by atoms with E-state index in [-0.39, 0.29) is 0 Å². The van der Waals surface area contributed by atoms with Crippen molar-refractivity contribution in [3.05, 3.63) is 0 Å². The molecule has 2 heteroatoms. The van der Waals surface area contributed by atoms with Gasteiger partial charge in [-0.1, -0.05) is 13.8 Å². The van der Waals surface area contributed by atoms with Crippen LogP contribution in [0.3, 0.4) is 0 Å². The van der Waals surface area contributed by atoms with Gasteiger partial charge >= 0.3 is 0 Å². The lowest BCUT2D eigenvalue weighted by Gasteiger charge is -2.22. The minimum absolute atomic E-state index is 0.496. The highest BCUT2D eigenvalue weighted by Gasteiger charge is 2.23. The van der Waals surface area contributed by atoms with Crippen molar-refractivity contribution in [3.8, 4) is 0 Å². The smallest absolute Gasteiger partial charge is 0.151 e. The van der Waals surface area contributed by atoms with Crippen LogP contribution in [0.5, 0.6) is 0 Å². The van der Waals surface area contributed by atoms with Crippen LogP contribution < -0.4 is 0 Å². The van der Waals surface area contributed by atoms with Crippen molar-refractivity contribution in [1.29, 1.82) is 0 Å². The molecule has 60 valence electrons. The molecule has 0 saturated heterocycles. The molecule has 0 rings (SSSR count). The number of ether oxygens (including phenoxy) is 1. The van der Waals surface area contributed by atoms with Gasteiger partial charge in [0.1, 0.15) is 5.60 Å². The van der Waals surface area contributed by atoms with E-state index in [1.807, 2.05) is 0 Å². The highest BCUT2D eigenvalue weighted by molar-refractivity contribution is 5.61. The highest BCUT2D eigenvalue weighted by atomic mass is 16.5. The predicted molar refractivity (Wildman–Crippen MR) is 40.9 cm³/mol. The van der Waals surface area contributed by atoms with E-state index < -0.39 is 5.60 Å². The number of rotatable bonds is 4. The van der Waals surface area contributed by atoms with Crippen molar-refractivity contribution in [2.24, 2.45) is 5.92 Å². The highest BCUT2D eigenvalue weighted by Crippen LogP contribution is 2.16. The third-order valence-corrected chi connectivity index (χ3v) is 1.53. The first-order valence-electron chi connectivity index (χ1n) is 3.55. The van der Waals surface area contributed by atoms with E-state index in [1.165, 1.54) is 0 Å². The Balaban J connectivity index is 3.92. The van der Waals surface area contributed by atoms with Crippen molar-refractivity contribution < 1.29 is 9.53 Å². The van der Waals surface area contributed by atoms with E-state index in [9.17, 15) is 4.79 Å². The van der Waals surface area contributed by atoms with Gasteiger partial charge in [-0.3, -0.25) is 0 Å². The Bertz CT molecular complexity index is 110. The Morgan fingerprint density at radius 3 is 2.20 bits per heavy atom. The molecule has 0 heterocycles. The van der Waals surface area contributed by atoms with Gasteiger partial charge in [0.05, 0.1) is 0 Å². The maximum atomic E-state index is 10.5. The van der Waals surface area contributed by atoms with Crippen molar-refractivity contribution in [3.63, 3.8) is 0 Å². The van der Waals surface area contributed by atoms with Gasteiger partial charge in [0.2, 0.25) is 0 Å². The van der Waals surface area contributed by atoms with Gasteiger partial charge in [0.25, 0.3) is 0 Å². The third-order valence-electron chi connectivity index (χ3n) is 1.53. The zero-order valence-electron chi connectivity index (χ0n) is 7.18. The van der Waals surface area contributed by atoms with E-state index in [4.69, 9.17) is 4.74 Å². The van der Waals surface area contributed by atoms with E-state index in [1.54, 1.807) is 14.0 Å². The fourth-order valence-electron chi connectivity index (χ4n) is 0.990. The van der Waals surface area contributed by atoms with E-state index >= 15 is 0 Å². The van der Waals surface area contributed by atoms with Crippen molar-refractivity contribution in [2.75, 3.05) is 7.11 Å². The summed E-state index contributed by atoms with van der Waals surface area (Å²) in [5, 5.41) is 0. The predicted octanol–water partition coefficient (Wildman–Crippen LogP) is 1.64. The normalized spacial score (nSPS) is 16.9. The van der Waals surface area contributed by atoms with Gasteiger partial charge in [-0.05, 0) is 19.3 Å².